The molecule has 0 aliphatic carbocycles. The van der Waals surface area contributed by atoms with Crippen LogP contribution in [0.3, 0.4) is 0 Å². The number of amides is 1. The highest BCUT2D eigenvalue weighted by Crippen LogP contribution is 2.07. The van der Waals surface area contributed by atoms with Gasteiger partial charge < -0.3 is 10.1 Å². The summed E-state index contributed by atoms with van der Waals surface area (Å²) in [6, 6.07) is -0.455. The predicted molar refractivity (Wildman–Crippen MR) is 62.2 cm³/mol. The number of ether oxygens (including phenoxy) is 1. The van der Waals surface area contributed by atoms with E-state index >= 15 is 0 Å². The summed E-state index contributed by atoms with van der Waals surface area (Å²) in [5, 5.41) is 2.81. The summed E-state index contributed by atoms with van der Waals surface area (Å²) in [6.07, 6.45) is 0.0981. The van der Waals surface area contributed by atoms with E-state index in [0.717, 1.165) is 0 Å². The highest BCUT2D eigenvalue weighted by Gasteiger charge is 2.21. The van der Waals surface area contributed by atoms with E-state index in [0.29, 0.717) is 18.9 Å². The third kappa shape index (κ3) is 6.49. The molecule has 0 aromatic heterocycles. The van der Waals surface area contributed by atoms with E-state index in [4.69, 9.17) is 4.74 Å². The second-order valence-electron chi connectivity index (χ2n) is 3.65. The molecule has 0 bridgehead atoms. The van der Waals surface area contributed by atoms with Gasteiger partial charge in [-0.3, -0.25) is 4.79 Å². The number of alkyl halides is 1. The molecule has 0 saturated heterocycles. The van der Waals surface area contributed by atoms with Crippen LogP contribution in [0.15, 0.2) is 0 Å². The summed E-state index contributed by atoms with van der Waals surface area (Å²) in [5.74, 6) is 0.316. The Balaban J connectivity index is 4.24. The number of alkyl carbamates (subject to hydrolysis) is 1. The lowest BCUT2D eigenvalue weighted by Crippen LogP contribution is -2.42. The van der Waals surface area contributed by atoms with E-state index in [9.17, 15) is 9.59 Å². The molecular weight excluding hydrogens is 262 g/mol. The van der Waals surface area contributed by atoms with E-state index in [1.165, 1.54) is 0 Å². The average Bonchev–Trinajstić information content (AvgIpc) is 2.15. The van der Waals surface area contributed by atoms with E-state index < -0.39 is 12.1 Å². The Bertz CT molecular complexity index is 219. The molecule has 0 radical (unpaired) electrons. The first-order valence-corrected chi connectivity index (χ1v) is 6.15. The zero-order chi connectivity index (χ0) is 11.8. The van der Waals surface area contributed by atoms with Gasteiger partial charge in [0.1, 0.15) is 0 Å². The Labute approximate surface area is 98.9 Å². The second kappa shape index (κ2) is 7.68. The zero-order valence-corrected chi connectivity index (χ0v) is 11.0. The minimum Gasteiger partial charge on any atom is -0.450 e. The molecule has 15 heavy (non-hydrogen) atoms. The molecule has 0 aromatic carbocycles. The standard InChI is InChI=1S/C10H18BrNO3/c1-4-15-10(14)12-8(5-7(2)3)9(13)6-11/h7-8H,4-6H2,1-3H3,(H,12,14)/t8-/m0/s1. The first kappa shape index (κ1) is 14.4. The number of hydrogen-bond acceptors (Lipinski definition) is 3. The van der Waals surface area contributed by atoms with E-state index in [-0.39, 0.29) is 11.1 Å². The van der Waals surface area contributed by atoms with Crippen LogP contribution >= 0.6 is 15.9 Å². The Morgan fingerprint density at radius 2 is 2.00 bits per heavy atom. The van der Waals surface area contributed by atoms with Gasteiger partial charge in [-0.1, -0.05) is 29.8 Å². The van der Waals surface area contributed by atoms with Gasteiger partial charge in [-0.2, -0.15) is 0 Å². The summed E-state index contributed by atoms with van der Waals surface area (Å²) < 4.78 is 4.73. The van der Waals surface area contributed by atoms with Crippen LogP contribution < -0.4 is 5.32 Å². The van der Waals surface area contributed by atoms with Crippen LogP contribution in [-0.4, -0.2) is 29.9 Å². The highest BCUT2D eigenvalue weighted by molar-refractivity contribution is 9.09. The Hall–Kier alpha value is -0.580. The minimum atomic E-state index is -0.530. The van der Waals surface area contributed by atoms with E-state index in [2.05, 4.69) is 21.2 Å². The Morgan fingerprint density at radius 1 is 1.40 bits per heavy atom. The lowest BCUT2D eigenvalue weighted by molar-refractivity contribution is -0.118. The molecule has 0 unspecified atom stereocenters. The summed E-state index contributed by atoms with van der Waals surface area (Å²) in [5.41, 5.74) is 0. The van der Waals surface area contributed by atoms with Crippen LogP contribution in [0, 0.1) is 5.92 Å². The summed E-state index contributed by atoms with van der Waals surface area (Å²) in [4.78, 5) is 22.6. The fraction of sp³-hybridized carbons (Fsp3) is 0.800. The lowest BCUT2D eigenvalue weighted by Gasteiger charge is -2.18. The van der Waals surface area contributed by atoms with Crippen LogP contribution in [0.2, 0.25) is 0 Å². The number of carbonyl (C=O) groups excluding carboxylic acids is 2. The van der Waals surface area contributed by atoms with Crippen molar-refractivity contribution in [2.45, 2.75) is 33.2 Å². The molecule has 0 heterocycles. The van der Waals surface area contributed by atoms with Gasteiger partial charge >= 0.3 is 6.09 Å². The molecule has 5 heteroatoms. The first-order valence-electron chi connectivity index (χ1n) is 5.03. The maximum Gasteiger partial charge on any atom is 0.407 e. The molecule has 0 spiro atoms. The molecule has 0 rings (SSSR count). The molecule has 0 fully saturated rings. The molecule has 1 N–H and O–H groups in total. The van der Waals surface area contributed by atoms with Crippen LogP contribution in [0.5, 0.6) is 0 Å². The normalized spacial score (nSPS) is 12.3. The van der Waals surface area contributed by atoms with Crippen molar-refractivity contribution in [1.82, 2.24) is 5.32 Å². The van der Waals surface area contributed by atoms with E-state index in [1.54, 1.807) is 6.92 Å². The fourth-order valence-corrected chi connectivity index (χ4v) is 1.54. The van der Waals surface area contributed by atoms with Crippen molar-refractivity contribution in [1.29, 1.82) is 0 Å². The Morgan fingerprint density at radius 3 is 2.40 bits per heavy atom. The number of rotatable bonds is 6. The number of carbonyl (C=O) groups is 2. The third-order valence-electron chi connectivity index (χ3n) is 1.79. The van der Waals surface area contributed by atoms with Crippen molar-refractivity contribution < 1.29 is 14.3 Å². The zero-order valence-electron chi connectivity index (χ0n) is 9.38. The van der Waals surface area contributed by atoms with Crippen LogP contribution in [0.4, 0.5) is 4.79 Å². The predicted octanol–water partition coefficient (Wildman–Crippen LogP) is 2.11. The van der Waals surface area contributed by atoms with Gasteiger partial charge in [0.15, 0.2) is 5.78 Å². The summed E-state index contributed by atoms with van der Waals surface area (Å²) in [6.45, 7) is 6.04. The molecule has 0 aliphatic rings. The van der Waals surface area contributed by atoms with Crippen molar-refractivity contribution in [2.24, 2.45) is 5.92 Å². The molecule has 0 aromatic rings. The molecular formula is C10H18BrNO3. The third-order valence-corrected chi connectivity index (χ3v) is 2.35. The minimum absolute atomic E-state index is 0.0308. The topological polar surface area (TPSA) is 55.4 Å². The van der Waals surface area contributed by atoms with Crippen molar-refractivity contribution in [3.05, 3.63) is 0 Å². The van der Waals surface area contributed by atoms with Crippen LogP contribution in [-0.2, 0) is 9.53 Å². The smallest absolute Gasteiger partial charge is 0.407 e. The molecule has 1 amide bonds. The monoisotopic (exact) mass is 279 g/mol. The molecule has 88 valence electrons. The van der Waals surface area contributed by atoms with Crippen molar-refractivity contribution in [3.8, 4) is 0 Å². The van der Waals surface area contributed by atoms with Gasteiger partial charge in [-0.05, 0) is 19.3 Å². The second-order valence-corrected chi connectivity index (χ2v) is 4.21. The SMILES string of the molecule is CCOC(=O)N[C@@H](CC(C)C)C(=O)CBr. The van der Waals surface area contributed by atoms with Crippen molar-refractivity contribution in [2.75, 3.05) is 11.9 Å². The fourth-order valence-electron chi connectivity index (χ4n) is 1.15. The van der Waals surface area contributed by atoms with Crippen molar-refractivity contribution in [3.63, 3.8) is 0 Å². The number of ketones is 1. The lowest BCUT2D eigenvalue weighted by atomic mass is 10.0. The van der Waals surface area contributed by atoms with Crippen LogP contribution in [0.1, 0.15) is 27.2 Å². The summed E-state index contributed by atoms with van der Waals surface area (Å²) >= 11 is 3.09. The average molecular weight is 280 g/mol. The molecule has 0 aliphatic heterocycles. The maximum atomic E-state index is 11.5. The highest BCUT2D eigenvalue weighted by atomic mass is 79.9. The largest absolute Gasteiger partial charge is 0.450 e. The number of nitrogens with one attached hydrogen (secondary N) is 1. The molecule has 4 nitrogen and oxygen atoms in total. The van der Waals surface area contributed by atoms with E-state index in [1.807, 2.05) is 13.8 Å². The quantitative estimate of drug-likeness (QED) is 0.758. The molecule has 1 atom stereocenters. The Kier molecular flexibility index (Phi) is 7.38. The van der Waals surface area contributed by atoms with Gasteiger partial charge in [0.2, 0.25) is 0 Å². The van der Waals surface area contributed by atoms with Gasteiger partial charge in [0, 0.05) is 0 Å². The number of Topliss-reactive ketones (excluding diaryl/α,β-unsaturated/α-hetero) is 1. The summed E-state index contributed by atoms with van der Waals surface area (Å²) in [7, 11) is 0. The van der Waals surface area contributed by atoms with Gasteiger partial charge in [0.25, 0.3) is 0 Å². The number of hydrogen-bond donors (Lipinski definition) is 1. The van der Waals surface area contributed by atoms with Gasteiger partial charge in [0.05, 0.1) is 18.0 Å². The van der Waals surface area contributed by atoms with Crippen LogP contribution in [0.25, 0.3) is 0 Å². The molecule has 0 saturated carbocycles. The first-order chi connectivity index (χ1) is 7.01. The maximum absolute atomic E-state index is 11.5. The van der Waals surface area contributed by atoms with Gasteiger partial charge in [-0.25, -0.2) is 4.79 Å². The van der Waals surface area contributed by atoms with Crippen molar-refractivity contribution >= 4 is 27.8 Å². The number of halogens is 1. The van der Waals surface area contributed by atoms with Gasteiger partial charge in [-0.15, -0.1) is 0 Å².